The fraction of sp³-hybridized carbons (Fsp3) is 0.114. The van der Waals surface area contributed by atoms with Gasteiger partial charge in [0, 0.05) is 65.8 Å². The van der Waals surface area contributed by atoms with E-state index in [1.54, 1.807) is 0 Å². The molecule has 0 saturated carbocycles. The molecule has 0 N–H and O–H groups in total. The van der Waals surface area contributed by atoms with E-state index < -0.39 is 0 Å². The third-order valence-electron chi connectivity index (χ3n) is 16.1. The second-order valence-electron chi connectivity index (χ2n) is 22.6. The van der Waals surface area contributed by atoms with Gasteiger partial charge in [-0.2, -0.15) is 0 Å². The molecule has 0 bridgehead atoms. The molecule has 0 aliphatic heterocycles. The average molecular weight is 951 g/mol. The molecule has 4 nitrogen and oxygen atoms in total. The zero-order valence-corrected chi connectivity index (χ0v) is 42.6. The Hall–Kier alpha value is -8.86. The van der Waals surface area contributed by atoms with Gasteiger partial charge in [0.15, 0.2) is 0 Å². The molecule has 0 fully saturated rings. The Labute approximate surface area is 430 Å². The Morgan fingerprint density at radius 2 is 0.595 bits per heavy atom. The van der Waals surface area contributed by atoms with Gasteiger partial charge in [0.1, 0.15) is 0 Å². The fourth-order valence-corrected chi connectivity index (χ4v) is 12.7. The second kappa shape index (κ2) is 15.3. The van der Waals surface area contributed by atoms with E-state index in [0.29, 0.717) is 0 Å². The summed E-state index contributed by atoms with van der Waals surface area (Å²) >= 11 is 0. The Balaban J connectivity index is 1.18. The molecule has 0 spiro atoms. The van der Waals surface area contributed by atoms with E-state index in [2.05, 4.69) is 279 Å². The summed E-state index contributed by atoms with van der Waals surface area (Å²) in [6.07, 6.45) is 0. The van der Waals surface area contributed by atoms with Gasteiger partial charge < -0.3 is 18.6 Å². The number of aromatic nitrogens is 2. The number of hydrogen-bond acceptors (Lipinski definition) is 2. The molecule has 15 rings (SSSR count). The maximum Gasteiger partial charge on any atom is 0.0783 e. The summed E-state index contributed by atoms with van der Waals surface area (Å²) in [6, 6.07) is 81.6. The topological polar surface area (TPSA) is 15.3 Å². The fourth-order valence-electron chi connectivity index (χ4n) is 12.7. The largest absolute Gasteiger partial charge is 0.308 e. The lowest BCUT2D eigenvalue weighted by molar-refractivity contribution is 0.591. The summed E-state index contributed by atoms with van der Waals surface area (Å²) in [7, 11) is 0. The van der Waals surface area contributed by atoms with Crippen LogP contribution in [-0.2, 0) is 10.8 Å². The van der Waals surface area contributed by atoms with Crippen LogP contribution in [0.3, 0.4) is 0 Å². The van der Waals surface area contributed by atoms with Crippen molar-refractivity contribution >= 4 is 132 Å². The molecule has 0 saturated heterocycles. The van der Waals surface area contributed by atoms with Crippen LogP contribution in [0.1, 0.15) is 52.7 Å². The van der Waals surface area contributed by atoms with Crippen molar-refractivity contribution in [2.45, 2.75) is 52.4 Å². The Bertz CT molecular complexity index is 4330. The van der Waals surface area contributed by atoms with Crippen molar-refractivity contribution < 1.29 is 0 Å². The number of fused-ring (bicyclic) bond motifs is 17. The van der Waals surface area contributed by atoms with E-state index >= 15 is 0 Å². The molecule has 0 unspecified atom stereocenters. The molecule has 0 amide bonds. The van der Waals surface area contributed by atoms with Gasteiger partial charge in [-0.1, -0.05) is 163 Å². The minimum absolute atomic E-state index is 0.118. The first-order valence-corrected chi connectivity index (χ1v) is 26.1. The summed E-state index contributed by atoms with van der Waals surface area (Å²) in [6.45, 7) is 14.1. The van der Waals surface area contributed by atoms with Gasteiger partial charge in [-0.25, -0.2) is 0 Å². The number of benzene rings is 11. The van der Waals surface area contributed by atoms with Gasteiger partial charge in [0.25, 0.3) is 0 Å². The second-order valence-corrected chi connectivity index (χ2v) is 22.6. The lowest BCUT2D eigenvalue weighted by Gasteiger charge is -2.29. The monoisotopic (exact) mass is 950 g/mol. The zero-order valence-electron chi connectivity index (χ0n) is 42.6. The Kier molecular flexibility index (Phi) is 8.87. The summed E-state index contributed by atoms with van der Waals surface area (Å²) in [5.74, 6) is 0. The molecule has 11 aromatic carbocycles. The molecule has 0 radical (unpaired) electrons. The molecule has 354 valence electrons. The van der Waals surface area contributed by atoms with Crippen molar-refractivity contribution in [3.63, 3.8) is 0 Å². The van der Waals surface area contributed by atoms with E-state index in [9.17, 15) is 0 Å². The van der Waals surface area contributed by atoms with Crippen LogP contribution in [0.2, 0.25) is 0 Å². The van der Waals surface area contributed by atoms with Crippen molar-refractivity contribution in [2.24, 2.45) is 0 Å². The van der Waals surface area contributed by atoms with Crippen molar-refractivity contribution in [2.75, 3.05) is 9.80 Å². The summed E-state index contributed by atoms with van der Waals surface area (Å²) in [4.78, 5) is 4.97. The number of nitrogens with zero attached hydrogens (tertiary/aromatic N) is 4. The molecule has 4 heterocycles. The highest BCUT2D eigenvalue weighted by molar-refractivity contribution is 6.41. The first-order valence-electron chi connectivity index (χ1n) is 26.1. The predicted molar refractivity (Wildman–Crippen MR) is 318 cm³/mol. The molecule has 0 aliphatic rings. The molecule has 74 heavy (non-hydrogen) atoms. The van der Waals surface area contributed by atoms with Crippen LogP contribution in [-0.4, -0.2) is 8.80 Å². The summed E-state index contributed by atoms with van der Waals surface area (Å²) < 4.78 is 5.28. The van der Waals surface area contributed by atoms with E-state index in [4.69, 9.17) is 0 Å². The molecule has 0 aliphatic carbocycles. The van der Waals surface area contributed by atoms with Gasteiger partial charge in [-0.15, -0.1) is 0 Å². The van der Waals surface area contributed by atoms with Crippen LogP contribution in [0.25, 0.3) is 97.7 Å². The normalized spacial score (nSPS) is 12.7. The number of anilines is 6. The minimum Gasteiger partial charge on any atom is -0.308 e. The van der Waals surface area contributed by atoms with Crippen molar-refractivity contribution in [1.82, 2.24) is 8.80 Å². The Morgan fingerprint density at radius 3 is 0.932 bits per heavy atom. The maximum atomic E-state index is 2.64. The molecule has 0 atom stereocenters. The molecular weight excluding hydrogens is 897 g/mol. The highest BCUT2D eigenvalue weighted by Crippen LogP contribution is 2.54. The van der Waals surface area contributed by atoms with Crippen LogP contribution in [0.4, 0.5) is 34.1 Å². The molecule has 4 heteroatoms. The smallest absolute Gasteiger partial charge is 0.0783 e. The van der Waals surface area contributed by atoms with Crippen LogP contribution in [0.15, 0.2) is 218 Å². The van der Waals surface area contributed by atoms with Gasteiger partial charge in [0.2, 0.25) is 0 Å². The lowest BCUT2D eigenvalue weighted by Crippen LogP contribution is -2.15. The standard InChI is InChI=1S/C70H54N4/c1-69(2,3)45-39-55-61-51-33-21-19-23-43(51)37-53-63-57(73(67(53)61)65(55)59(41-45)71(47-25-11-7-12-26-47)48-27-13-8-14-28-48)35-36-58-64(63)54-38-44-24-20-22-34-52(44)62-56-40-46(70(4,5)6)42-60(66(56)74(58)68(54)62)72(49-29-15-9-16-30-49)50-31-17-10-18-32-50/h7-42H,1-6H3. The highest BCUT2D eigenvalue weighted by atomic mass is 15.2. The molecule has 4 aromatic heterocycles. The van der Waals surface area contributed by atoms with Crippen LogP contribution < -0.4 is 9.80 Å². The first kappa shape index (κ1) is 42.8. The predicted octanol–water partition coefficient (Wildman–Crippen LogP) is 19.8. The average Bonchev–Trinajstić information content (AvgIpc) is 4.16. The minimum atomic E-state index is -0.118. The van der Waals surface area contributed by atoms with Crippen molar-refractivity contribution in [3.05, 3.63) is 230 Å². The van der Waals surface area contributed by atoms with Crippen molar-refractivity contribution in [3.8, 4) is 0 Å². The highest BCUT2D eigenvalue weighted by Gasteiger charge is 2.32. The van der Waals surface area contributed by atoms with Gasteiger partial charge in [-0.3, -0.25) is 0 Å². The van der Waals surface area contributed by atoms with Crippen LogP contribution >= 0.6 is 0 Å². The Morgan fingerprint density at radius 1 is 0.284 bits per heavy atom. The van der Waals surface area contributed by atoms with E-state index in [1.807, 2.05) is 0 Å². The van der Waals surface area contributed by atoms with E-state index in [-0.39, 0.29) is 10.8 Å². The third-order valence-corrected chi connectivity index (χ3v) is 16.1. The molecular formula is C70H54N4. The van der Waals surface area contributed by atoms with Crippen LogP contribution in [0.5, 0.6) is 0 Å². The van der Waals surface area contributed by atoms with Crippen molar-refractivity contribution in [1.29, 1.82) is 0 Å². The molecule has 15 aromatic rings. The summed E-state index contributed by atoms with van der Waals surface area (Å²) in [5.41, 5.74) is 16.6. The number of para-hydroxylation sites is 4. The van der Waals surface area contributed by atoms with Crippen LogP contribution in [0, 0.1) is 0 Å². The third kappa shape index (κ3) is 5.97. The van der Waals surface area contributed by atoms with Gasteiger partial charge >= 0.3 is 0 Å². The quantitative estimate of drug-likeness (QED) is 0.165. The lowest BCUT2D eigenvalue weighted by atomic mass is 9.85. The number of hydrogen-bond donors (Lipinski definition) is 0. The van der Waals surface area contributed by atoms with Gasteiger partial charge in [0.05, 0.1) is 44.5 Å². The number of rotatable bonds is 6. The van der Waals surface area contributed by atoms with E-state index in [0.717, 1.165) is 34.1 Å². The van der Waals surface area contributed by atoms with Gasteiger partial charge in [-0.05, 0) is 141 Å². The first-order chi connectivity index (χ1) is 36.0. The van der Waals surface area contributed by atoms with E-state index in [1.165, 1.54) is 109 Å². The summed E-state index contributed by atoms with van der Waals surface area (Å²) in [5, 5.41) is 15.3. The zero-order chi connectivity index (χ0) is 49.8. The maximum absolute atomic E-state index is 2.64. The SMILES string of the molecule is CC(C)(C)c1cc(N(c2ccccc2)c2ccccc2)c2c(c1)c1c3ccccc3cc3c4c5c6cc7ccccc7c7c8cc(C(C)(C)C)cc(N(c9ccccc9)c9ccccc9)c8n(c5ccc4n2c31)c67.